The molecule has 112 valence electrons. The fraction of sp³-hybridized carbons (Fsp3) is 0. The molecular formula is C18H13ClN4. The van der Waals surface area contributed by atoms with Crippen LogP contribution >= 0.6 is 11.6 Å². The van der Waals surface area contributed by atoms with Crippen LogP contribution in [0.1, 0.15) is 0 Å². The highest BCUT2D eigenvalue weighted by Gasteiger charge is 2.15. The number of nitrogens with one attached hydrogen (secondary N) is 1. The molecule has 23 heavy (non-hydrogen) atoms. The zero-order chi connectivity index (χ0) is 15.6. The van der Waals surface area contributed by atoms with E-state index in [4.69, 9.17) is 16.6 Å². The monoisotopic (exact) mass is 320 g/mol. The maximum absolute atomic E-state index is 6.16. The second-order valence-corrected chi connectivity index (χ2v) is 5.53. The van der Waals surface area contributed by atoms with Crippen LogP contribution in [0.2, 0.25) is 5.02 Å². The van der Waals surface area contributed by atoms with Crippen molar-refractivity contribution < 1.29 is 0 Å². The summed E-state index contributed by atoms with van der Waals surface area (Å²) in [6.07, 6.45) is 3.61. The lowest BCUT2D eigenvalue weighted by atomic mass is 10.2. The van der Waals surface area contributed by atoms with Gasteiger partial charge in [-0.05, 0) is 36.4 Å². The minimum absolute atomic E-state index is 0.651. The quantitative estimate of drug-likeness (QED) is 0.590. The maximum Gasteiger partial charge on any atom is 0.144 e. The molecule has 0 aliphatic heterocycles. The Morgan fingerprint density at radius 3 is 2.52 bits per heavy atom. The van der Waals surface area contributed by atoms with Gasteiger partial charge in [0.15, 0.2) is 0 Å². The summed E-state index contributed by atoms with van der Waals surface area (Å²) < 4.78 is 1.94. The molecule has 0 aliphatic rings. The molecule has 0 radical (unpaired) electrons. The van der Waals surface area contributed by atoms with Gasteiger partial charge < -0.3 is 5.32 Å². The van der Waals surface area contributed by atoms with E-state index in [1.54, 1.807) is 6.20 Å². The third kappa shape index (κ3) is 2.64. The van der Waals surface area contributed by atoms with E-state index < -0.39 is 0 Å². The Morgan fingerprint density at radius 2 is 1.74 bits per heavy atom. The zero-order valence-corrected chi connectivity index (χ0v) is 12.9. The van der Waals surface area contributed by atoms with Gasteiger partial charge in [0, 0.05) is 18.1 Å². The van der Waals surface area contributed by atoms with Crippen LogP contribution in [0.5, 0.6) is 0 Å². The van der Waals surface area contributed by atoms with E-state index in [2.05, 4.69) is 10.3 Å². The van der Waals surface area contributed by atoms with Gasteiger partial charge in [-0.2, -0.15) is 0 Å². The second-order valence-electron chi connectivity index (χ2n) is 5.09. The molecule has 5 heteroatoms. The van der Waals surface area contributed by atoms with Gasteiger partial charge in [-0.15, -0.1) is 0 Å². The number of rotatable bonds is 3. The van der Waals surface area contributed by atoms with Crippen LogP contribution in [0.3, 0.4) is 0 Å². The summed E-state index contributed by atoms with van der Waals surface area (Å²) in [5.41, 5.74) is 3.39. The van der Waals surface area contributed by atoms with E-state index in [0.29, 0.717) is 5.02 Å². The maximum atomic E-state index is 6.16. The van der Waals surface area contributed by atoms with Crippen LogP contribution in [0.25, 0.3) is 17.0 Å². The lowest BCUT2D eigenvalue weighted by Gasteiger charge is -2.08. The van der Waals surface area contributed by atoms with Gasteiger partial charge in [-0.25, -0.2) is 4.98 Å². The molecule has 1 N–H and O–H groups in total. The Bertz CT molecular complexity index is 949. The second kappa shape index (κ2) is 5.74. The highest BCUT2D eigenvalue weighted by Crippen LogP contribution is 2.30. The Balaban J connectivity index is 1.93. The predicted octanol–water partition coefficient (Wildman–Crippen LogP) is 4.79. The van der Waals surface area contributed by atoms with Crippen molar-refractivity contribution in [2.75, 3.05) is 5.32 Å². The molecule has 4 aromatic rings. The number of imidazole rings is 1. The molecule has 0 fully saturated rings. The van der Waals surface area contributed by atoms with Gasteiger partial charge in [0.2, 0.25) is 0 Å². The summed E-state index contributed by atoms with van der Waals surface area (Å²) in [5.74, 6) is 0.840. The lowest BCUT2D eigenvalue weighted by Crippen LogP contribution is -1.97. The zero-order valence-electron chi connectivity index (χ0n) is 12.1. The third-order valence-corrected chi connectivity index (χ3v) is 3.75. The van der Waals surface area contributed by atoms with Crippen molar-refractivity contribution in [3.8, 4) is 11.4 Å². The number of para-hydroxylation sites is 1. The minimum Gasteiger partial charge on any atom is -0.339 e. The highest BCUT2D eigenvalue weighted by molar-refractivity contribution is 6.30. The summed E-state index contributed by atoms with van der Waals surface area (Å²) in [7, 11) is 0. The Morgan fingerprint density at radius 1 is 0.913 bits per heavy atom. The van der Waals surface area contributed by atoms with Crippen molar-refractivity contribution in [2.45, 2.75) is 0 Å². The van der Waals surface area contributed by atoms with Gasteiger partial charge in [-0.1, -0.05) is 35.9 Å². The van der Waals surface area contributed by atoms with E-state index in [1.165, 1.54) is 0 Å². The Labute approximate surface area is 138 Å². The largest absolute Gasteiger partial charge is 0.339 e. The molecule has 0 saturated heterocycles. The summed E-state index contributed by atoms with van der Waals surface area (Å²) in [6.45, 7) is 0. The summed E-state index contributed by atoms with van der Waals surface area (Å²) in [5, 5.41) is 4.07. The molecular weight excluding hydrogens is 308 g/mol. The van der Waals surface area contributed by atoms with Crippen molar-refractivity contribution >= 4 is 28.8 Å². The molecule has 4 nitrogen and oxygen atoms in total. The van der Waals surface area contributed by atoms with E-state index >= 15 is 0 Å². The van der Waals surface area contributed by atoms with Crippen LogP contribution in [-0.4, -0.2) is 14.4 Å². The van der Waals surface area contributed by atoms with Crippen LogP contribution in [0.15, 0.2) is 73.1 Å². The molecule has 4 rings (SSSR count). The first-order valence-corrected chi connectivity index (χ1v) is 7.60. The Kier molecular flexibility index (Phi) is 3.44. The van der Waals surface area contributed by atoms with E-state index in [-0.39, 0.29) is 0 Å². The first-order chi connectivity index (χ1) is 11.3. The van der Waals surface area contributed by atoms with Crippen LogP contribution in [0.4, 0.5) is 11.5 Å². The van der Waals surface area contributed by atoms with Gasteiger partial charge in [-0.3, -0.25) is 9.38 Å². The average Bonchev–Trinajstić information content (AvgIpc) is 2.95. The van der Waals surface area contributed by atoms with Gasteiger partial charge in [0.1, 0.15) is 17.2 Å². The number of hydrogen-bond donors (Lipinski definition) is 1. The molecule has 0 bridgehead atoms. The van der Waals surface area contributed by atoms with Crippen LogP contribution in [-0.2, 0) is 0 Å². The molecule has 0 atom stereocenters. The first-order valence-electron chi connectivity index (χ1n) is 7.22. The molecule has 0 amide bonds. The molecule has 0 aliphatic carbocycles. The number of anilines is 2. The SMILES string of the molecule is Clc1ccc2nc(-c3ccccn3)c(Nc3ccccc3)n2c1. The fourth-order valence-electron chi connectivity index (χ4n) is 2.48. The van der Waals surface area contributed by atoms with Gasteiger partial charge in [0.25, 0.3) is 0 Å². The number of pyridine rings is 2. The van der Waals surface area contributed by atoms with Gasteiger partial charge >= 0.3 is 0 Å². The van der Waals surface area contributed by atoms with Crippen molar-refractivity contribution in [3.63, 3.8) is 0 Å². The number of nitrogens with zero attached hydrogens (tertiary/aromatic N) is 3. The number of benzene rings is 1. The molecule has 0 saturated carbocycles. The van der Waals surface area contributed by atoms with Crippen molar-refractivity contribution in [3.05, 3.63) is 78.1 Å². The summed E-state index contributed by atoms with van der Waals surface area (Å²) in [4.78, 5) is 9.12. The predicted molar refractivity (Wildman–Crippen MR) is 93.2 cm³/mol. The number of fused-ring (bicyclic) bond motifs is 1. The summed E-state index contributed by atoms with van der Waals surface area (Å²) >= 11 is 6.16. The summed E-state index contributed by atoms with van der Waals surface area (Å²) in [6, 6.07) is 19.5. The van der Waals surface area contributed by atoms with E-state index in [0.717, 1.165) is 28.5 Å². The van der Waals surface area contributed by atoms with Gasteiger partial charge in [0.05, 0.1) is 10.7 Å². The normalized spacial score (nSPS) is 10.8. The van der Waals surface area contributed by atoms with Crippen LogP contribution in [0, 0.1) is 0 Å². The van der Waals surface area contributed by atoms with E-state index in [9.17, 15) is 0 Å². The fourth-order valence-corrected chi connectivity index (χ4v) is 2.64. The topological polar surface area (TPSA) is 42.2 Å². The molecule has 0 spiro atoms. The third-order valence-electron chi connectivity index (χ3n) is 3.53. The highest BCUT2D eigenvalue weighted by atomic mass is 35.5. The molecule has 3 heterocycles. The average molecular weight is 321 g/mol. The minimum atomic E-state index is 0.651. The number of halogens is 1. The molecule has 3 aromatic heterocycles. The molecule has 1 aromatic carbocycles. The Hall–Kier alpha value is -2.85. The van der Waals surface area contributed by atoms with Crippen LogP contribution < -0.4 is 5.32 Å². The standard InChI is InChI=1S/C18H13ClN4/c19-13-9-10-16-22-17(15-8-4-5-11-20-15)18(23(16)12-13)21-14-6-2-1-3-7-14/h1-12,21H. The molecule has 0 unspecified atom stereocenters. The van der Waals surface area contributed by atoms with E-state index in [1.807, 2.05) is 71.3 Å². The smallest absolute Gasteiger partial charge is 0.144 e. The lowest BCUT2D eigenvalue weighted by molar-refractivity contribution is 1.18. The number of aromatic nitrogens is 3. The van der Waals surface area contributed by atoms with Crippen molar-refractivity contribution in [1.29, 1.82) is 0 Å². The first kappa shape index (κ1) is 13.8. The van der Waals surface area contributed by atoms with Crippen molar-refractivity contribution in [2.24, 2.45) is 0 Å². The van der Waals surface area contributed by atoms with Crippen molar-refractivity contribution in [1.82, 2.24) is 14.4 Å². The number of hydrogen-bond acceptors (Lipinski definition) is 3.